The Morgan fingerprint density at radius 2 is 2.11 bits per heavy atom. The molecule has 0 atom stereocenters. The number of fused-ring (bicyclic) bond motifs is 1. The lowest BCUT2D eigenvalue weighted by Gasteiger charge is -1.99. The highest BCUT2D eigenvalue weighted by atomic mass is 32.1. The van der Waals surface area contributed by atoms with E-state index in [0.29, 0.717) is 13.0 Å². The minimum atomic E-state index is 0.623. The van der Waals surface area contributed by atoms with E-state index in [1.165, 1.54) is 5.56 Å². The number of methoxy groups -OCH3 is 1. The first-order valence-corrected chi connectivity index (χ1v) is 6.87. The molecule has 0 N–H and O–H groups in total. The quantitative estimate of drug-likeness (QED) is 0.733. The number of hydrogen-bond acceptors (Lipinski definition) is 5. The summed E-state index contributed by atoms with van der Waals surface area (Å²) in [5, 5.41) is 13.9. The van der Waals surface area contributed by atoms with Gasteiger partial charge in [0.15, 0.2) is 5.82 Å². The van der Waals surface area contributed by atoms with Crippen LogP contribution >= 0.6 is 11.3 Å². The Labute approximate surface area is 114 Å². The summed E-state index contributed by atoms with van der Waals surface area (Å²) in [4.78, 5) is 0.823. The van der Waals surface area contributed by atoms with Crippen molar-refractivity contribution >= 4 is 16.3 Å². The van der Waals surface area contributed by atoms with Crippen LogP contribution in [0.4, 0.5) is 0 Å². The predicted molar refractivity (Wildman–Crippen MR) is 74.4 cm³/mol. The van der Waals surface area contributed by atoms with Gasteiger partial charge < -0.3 is 4.74 Å². The molecule has 0 aliphatic heterocycles. The monoisotopic (exact) mass is 274 g/mol. The van der Waals surface area contributed by atoms with Gasteiger partial charge in [0.1, 0.15) is 5.01 Å². The van der Waals surface area contributed by atoms with Crippen molar-refractivity contribution in [3.8, 4) is 10.6 Å². The van der Waals surface area contributed by atoms with Crippen LogP contribution in [0.3, 0.4) is 0 Å². The van der Waals surface area contributed by atoms with Crippen molar-refractivity contribution in [2.75, 3.05) is 13.7 Å². The molecule has 1 aromatic carbocycles. The molecule has 3 rings (SSSR count). The molecule has 0 spiro atoms. The van der Waals surface area contributed by atoms with Crippen molar-refractivity contribution in [3.63, 3.8) is 0 Å². The van der Waals surface area contributed by atoms with E-state index in [2.05, 4.69) is 34.4 Å². The Morgan fingerprint density at radius 3 is 2.89 bits per heavy atom. The SMILES string of the molecule is COCCc1nnc2sc(-c3ccccc3C)nn12. The molecule has 0 unspecified atom stereocenters. The summed E-state index contributed by atoms with van der Waals surface area (Å²) in [6.45, 7) is 2.71. The van der Waals surface area contributed by atoms with Crippen molar-refractivity contribution < 1.29 is 4.74 Å². The summed E-state index contributed by atoms with van der Waals surface area (Å²) in [5.74, 6) is 0.841. The highest BCUT2D eigenvalue weighted by molar-refractivity contribution is 7.19. The van der Waals surface area contributed by atoms with Crippen LogP contribution in [0.1, 0.15) is 11.4 Å². The van der Waals surface area contributed by atoms with Gasteiger partial charge >= 0.3 is 0 Å². The standard InChI is InChI=1S/C13H14N4OS/c1-9-5-3-4-6-10(9)12-16-17-11(7-8-18-2)14-15-13(17)19-12/h3-6H,7-8H2,1-2H3. The molecule has 0 bridgehead atoms. The van der Waals surface area contributed by atoms with Crippen molar-refractivity contribution in [2.45, 2.75) is 13.3 Å². The fourth-order valence-corrected chi connectivity index (χ4v) is 2.88. The van der Waals surface area contributed by atoms with E-state index in [1.807, 2.05) is 16.6 Å². The van der Waals surface area contributed by atoms with Gasteiger partial charge in [-0.25, -0.2) is 0 Å². The lowest BCUT2D eigenvalue weighted by Crippen LogP contribution is -2.01. The molecule has 2 heterocycles. The van der Waals surface area contributed by atoms with E-state index < -0.39 is 0 Å². The average Bonchev–Trinajstić information content (AvgIpc) is 2.97. The maximum atomic E-state index is 5.07. The van der Waals surface area contributed by atoms with Crippen LogP contribution in [0.5, 0.6) is 0 Å². The van der Waals surface area contributed by atoms with Crippen LogP contribution in [0.25, 0.3) is 15.5 Å². The number of hydrogen-bond donors (Lipinski definition) is 0. The maximum absolute atomic E-state index is 5.07. The zero-order valence-corrected chi connectivity index (χ0v) is 11.6. The summed E-state index contributed by atoms with van der Waals surface area (Å²) >= 11 is 1.56. The van der Waals surface area contributed by atoms with Gasteiger partial charge in [-0.2, -0.15) is 9.61 Å². The second-order valence-corrected chi connectivity index (χ2v) is 5.23. The van der Waals surface area contributed by atoms with E-state index in [9.17, 15) is 0 Å². The molecule has 0 radical (unpaired) electrons. The zero-order chi connectivity index (χ0) is 13.2. The van der Waals surface area contributed by atoms with E-state index in [0.717, 1.165) is 21.4 Å². The van der Waals surface area contributed by atoms with Gasteiger partial charge in [0, 0.05) is 19.1 Å². The largest absolute Gasteiger partial charge is 0.384 e. The minimum Gasteiger partial charge on any atom is -0.384 e. The molecule has 0 aliphatic rings. The summed E-state index contributed by atoms with van der Waals surface area (Å²) in [6, 6.07) is 8.22. The fraction of sp³-hybridized carbons (Fsp3) is 0.308. The van der Waals surface area contributed by atoms with Gasteiger partial charge in [0.2, 0.25) is 4.96 Å². The van der Waals surface area contributed by atoms with Crippen LogP contribution < -0.4 is 0 Å². The number of nitrogens with zero attached hydrogens (tertiary/aromatic N) is 4. The third-order valence-electron chi connectivity index (χ3n) is 2.96. The molecular weight excluding hydrogens is 260 g/mol. The highest BCUT2D eigenvalue weighted by Gasteiger charge is 2.13. The molecule has 0 amide bonds. The Kier molecular flexibility index (Phi) is 3.27. The van der Waals surface area contributed by atoms with Crippen LogP contribution in [-0.4, -0.2) is 33.5 Å². The maximum Gasteiger partial charge on any atom is 0.234 e. The Morgan fingerprint density at radius 1 is 1.26 bits per heavy atom. The van der Waals surface area contributed by atoms with E-state index in [1.54, 1.807) is 18.4 Å². The first kappa shape index (κ1) is 12.3. The van der Waals surface area contributed by atoms with E-state index >= 15 is 0 Å². The summed E-state index contributed by atoms with van der Waals surface area (Å²) in [7, 11) is 1.68. The third kappa shape index (κ3) is 2.24. The van der Waals surface area contributed by atoms with Crippen molar-refractivity contribution in [2.24, 2.45) is 0 Å². The van der Waals surface area contributed by atoms with Crippen molar-refractivity contribution in [3.05, 3.63) is 35.7 Å². The van der Waals surface area contributed by atoms with Gasteiger partial charge in [0.05, 0.1) is 6.61 Å². The molecular formula is C13H14N4OS. The number of rotatable bonds is 4. The number of aryl methyl sites for hydroxylation is 1. The predicted octanol–water partition coefficient (Wildman–Crippen LogP) is 2.35. The second-order valence-electron chi connectivity index (χ2n) is 4.28. The molecule has 0 aliphatic carbocycles. The van der Waals surface area contributed by atoms with Gasteiger partial charge in [-0.15, -0.1) is 10.2 Å². The normalized spacial score (nSPS) is 11.3. The first-order chi connectivity index (χ1) is 9.29. The third-order valence-corrected chi connectivity index (χ3v) is 3.89. The topological polar surface area (TPSA) is 52.3 Å². The highest BCUT2D eigenvalue weighted by Crippen LogP contribution is 2.27. The molecule has 19 heavy (non-hydrogen) atoms. The molecule has 2 aromatic heterocycles. The Hall–Kier alpha value is -1.79. The first-order valence-electron chi connectivity index (χ1n) is 6.05. The Bertz CT molecular complexity index is 704. The van der Waals surface area contributed by atoms with Gasteiger partial charge in [-0.1, -0.05) is 35.6 Å². The molecule has 3 aromatic rings. The van der Waals surface area contributed by atoms with Crippen LogP contribution in [0.15, 0.2) is 24.3 Å². The fourth-order valence-electron chi connectivity index (χ4n) is 1.93. The van der Waals surface area contributed by atoms with Gasteiger partial charge in [-0.3, -0.25) is 0 Å². The molecule has 0 saturated heterocycles. The van der Waals surface area contributed by atoms with Crippen molar-refractivity contribution in [1.29, 1.82) is 0 Å². The summed E-state index contributed by atoms with van der Waals surface area (Å²) in [6.07, 6.45) is 0.717. The average molecular weight is 274 g/mol. The number of ether oxygens (including phenoxy) is 1. The van der Waals surface area contributed by atoms with Crippen LogP contribution in [0.2, 0.25) is 0 Å². The van der Waals surface area contributed by atoms with Crippen LogP contribution in [-0.2, 0) is 11.2 Å². The number of aromatic nitrogens is 4. The molecule has 0 saturated carbocycles. The summed E-state index contributed by atoms with van der Waals surface area (Å²) < 4.78 is 6.88. The lowest BCUT2D eigenvalue weighted by molar-refractivity contribution is 0.200. The van der Waals surface area contributed by atoms with E-state index in [-0.39, 0.29) is 0 Å². The molecule has 98 valence electrons. The lowest BCUT2D eigenvalue weighted by atomic mass is 10.1. The molecule has 5 nitrogen and oxygen atoms in total. The molecule has 0 fully saturated rings. The zero-order valence-electron chi connectivity index (χ0n) is 10.8. The Balaban J connectivity index is 2.03. The molecule has 6 heteroatoms. The number of benzene rings is 1. The summed E-state index contributed by atoms with van der Waals surface area (Å²) in [5.41, 5.74) is 2.36. The minimum absolute atomic E-state index is 0.623. The van der Waals surface area contributed by atoms with Gasteiger partial charge in [-0.05, 0) is 12.5 Å². The second kappa shape index (κ2) is 5.07. The van der Waals surface area contributed by atoms with E-state index in [4.69, 9.17) is 4.74 Å². The van der Waals surface area contributed by atoms with Crippen molar-refractivity contribution in [1.82, 2.24) is 19.8 Å². The van der Waals surface area contributed by atoms with Gasteiger partial charge in [0.25, 0.3) is 0 Å². The van der Waals surface area contributed by atoms with Crippen LogP contribution in [0, 0.1) is 6.92 Å². The smallest absolute Gasteiger partial charge is 0.234 e.